The van der Waals surface area contributed by atoms with Crippen molar-refractivity contribution in [3.63, 3.8) is 0 Å². The van der Waals surface area contributed by atoms with Gasteiger partial charge in [0.05, 0.1) is 12.2 Å². The number of thiocarbonyl (C=S) groups is 1. The minimum Gasteiger partial charge on any atom is -0.462 e. The Morgan fingerprint density at radius 3 is 2.52 bits per heavy atom. The number of esters is 1. The zero-order valence-electron chi connectivity index (χ0n) is 16.4. The van der Waals surface area contributed by atoms with Crippen LogP contribution in [0.4, 0.5) is 5.69 Å². The molecule has 0 aliphatic carbocycles. The van der Waals surface area contributed by atoms with E-state index in [1.54, 1.807) is 25.1 Å². The third-order valence-electron chi connectivity index (χ3n) is 4.38. The van der Waals surface area contributed by atoms with E-state index in [4.69, 9.17) is 17.0 Å². The number of carbonyl (C=O) groups excluding carboxylic acids is 1. The van der Waals surface area contributed by atoms with E-state index < -0.39 is 0 Å². The van der Waals surface area contributed by atoms with Gasteiger partial charge in [0.1, 0.15) is 0 Å². The largest absolute Gasteiger partial charge is 0.462 e. The fourth-order valence-corrected chi connectivity index (χ4v) is 3.47. The lowest BCUT2D eigenvalue weighted by atomic mass is 9.79. The van der Waals surface area contributed by atoms with Gasteiger partial charge in [-0.2, -0.15) is 0 Å². The number of nitrogens with one attached hydrogen (secondary N) is 2. The minimum absolute atomic E-state index is 0.0348. The molecule has 27 heavy (non-hydrogen) atoms. The molecule has 1 atom stereocenters. The third kappa shape index (κ3) is 6.36. The van der Waals surface area contributed by atoms with Crippen molar-refractivity contribution in [3.8, 4) is 0 Å². The second kappa shape index (κ2) is 9.51. The normalized spacial score (nSPS) is 12.1. The highest BCUT2D eigenvalue weighted by Gasteiger charge is 2.23. The Bertz CT molecular complexity index is 775. The van der Waals surface area contributed by atoms with Crippen LogP contribution in [0.15, 0.2) is 54.6 Å². The molecule has 0 aliphatic rings. The summed E-state index contributed by atoms with van der Waals surface area (Å²) in [5, 5.41) is 7.02. The lowest BCUT2D eigenvalue weighted by Gasteiger charge is -2.29. The zero-order chi connectivity index (χ0) is 19.9. The molecule has 1 unspecified atom stereocenters. The van der Waals surface area contributed by atoms with E-state index in [1.165, 1.54) is 5.56 Å². The summed E-state index contributed by atoms with van der Waals surface area (Å²) in [5.41, 5.74) is 2.60. The molecule has 2 N–H and O–H groups in total. The maximum atomic E-state index is 11.9. The van der Waals surface area contributed by atoms with Crippen LogP contribution < -0.4 is 10.6 Å². The van der Waals surface area contributed by atoms with Crippen LogP contribution in [0.1, 0.15) is 50.0 Å². The van der Waals surface area contributed by atoms with Crippen molar-refractivity contribution in [1.29, 1.82) is 0 Å². The van der Waals surface area contributed by atoms with E-state index in [1.807, 2.05) is 12.1 Å². The highest BCUT2D eigenvalue weighted by Crippen LogP contribution is 2.28. The first kappa shape index (κ1) is 20.9. The van der Waals surface area contributed by atoms with Crippen LogP contribution in [0.3, 0.4) is 0 Å². The van der Waals surface area contributed by atoms with E-state index >= 15 is 0 Å². The molecule has 144 valence electrons. The van der Waals surface area contributed by atoms with E-state index in [9.17, 15) is 4.79 Å². The number of rotatable bonds is 7. The Morgan fingerprint density at radius 1 is 1.15 bits per heavy atom. The quantitative estimate of drug-likeness (QED) is 0.525. The summed E-state index contributed by atoms with van der Waals surface area (Å²) < 4.78 is 5.03. The summed E-state index contributed by atoms with van der Waals surface area (Å²) in [6.45, 7) is 8.73. The summed E-state index contributed by atoms with van der Waals surface area (Å²) in [6.07, 6.45) is 0.932. The molecule has 0 fully saturated rings. The topological polar surface area (TPSA) is 50.4 Å². The molecule has 5 heteroatoms. The molecule has 2 aromatic carbocycles. The SMILES string of the molecule is CCOC(=O)c1cccc(NC(=S)NC(C)CC(C)(C)c2ccccc2)c1. The summed E-state index contributed by atoms with van der Waals surface area (Å²) in [6, 6.07) is 17.8. The van der Waals surface area contributed by atoms with Gasteiger partial charge in [0, 0.05) is 11.7 Å². The van der Waals surface area contributed by atoms with Crippen LogP contribution in [-0.4, -0.2) is 23.7 Å². The van der Waals surface area contributed by atoms with Gasteiger partial charge in [0.25, 0.3) is 0 Å². The van der Waals surface area contributed by atoms with Crippen molar-refractivity contribution < 1.29 is 9.53 Å². The molecule has 4 nitrogen and oxygen atoms in total. The monoisotopic (exact) mass is 384 g/mol. The molecule has 0 spiro atoms. The van der Waals surface area contributed by atoms with E-state index in [0.29, 0.717) is 17.3 Å². The van der Waals surface area contributed by atoms with Crippen LogP contribution in [0.25, 0.3) is 0 Å². The van der Waals surface area contributed by atoms with Gasteiger partial charge in [0.15, 0.2) is 5.11 Å². The molecule has 0 saturated heterocycles. The Kier molecular flexibility index (Phi) is 7.36. The summed E-state index contributed by atoms with van der Waals surface area (Å²) in [7, 11) is 0. The molecule has 0 aromatic heterocycles. The molecule has 0 heterocycles. The van der Waals surface area contributed by atoms with Gasteiger partial charge in [-0.15, -0.1) is 0 Å². The number of hydrogen-bond donors (Lipinski definition) is 2. The first-order valence-electron chi connectivity index (χ1n) is 9.22. The smallest absolute Gasteiger partial charge is 0.338 e. The van der Waals surface area contributed by atoms with Crippen LogP contribution in [-0.2, 0) is 10.2 Å². The predicted molar refractivity (Wildman–Crippen MR) is 115 cm³/mol. The lowest BCUT2D eigenvalue weighted by Crippen LogP contribution is -2.39. The van der Waals surface area contributed by atoms with Crippen molar-refractivity contribution in [2.24, 2.45) is 0 Å². The summed E-state index contributed by atoms with van der Waals surface area (Å²) in [5.74, 6) is -0.335. The zero-order valence-corrected chi connectivity index (χ0v) is 17.2. The Balaban J connectivity index is 1.93. The van der Waals surface area contributed by atoms with Gasteiger partial charge in [0.2, 0.25) is 0 Å². The molecule has 2 aromatic rings. The number of ether oxygens (including phenoxy) is 1. The van der Waals surface area contributed by atoms with Crippen LogP contribution in [0.2, 0.25) is 0 Å². The summed E-state index contributed by atoms with van der Waals surface area (Å²) >= 11 is 5.44. The second-order valence-electron chi connectivity index (χ2n) is 7.25. The molecule has 0 amide bonds. The van der Waals surface area contributed by atoms with Crippen molar-refractivity contribution in [2.75, 3.05) is 11.9 Å². The van der Waals surface area contributed by atoms with Crippen LogP contribution >= 0.6 is 12.2 Å². The fourth-order valence-electron chi connectivity index (χ4n) is 3.15. The molecule has 0 saturated carbocycles. The van der Waals surface area contributed by atoms with E-state index in [0.717, 1.165) is 12.1 Å². The average molecular weight is 385 g/mol. The van der Waals surface area contributed by atoms with Crippen LogP contribution in [0, 0.1) is 0 Å². The molecular weight excluding hydrogens is 356 g/mol. The number of benzene rings is 2. The minimum atomic E-state index is -0.335. The molecule has 0 aliphatic heterocycles. The second-order valence-corrected chi connectivity index (χ2v) is 7.66. The van der Waals surface area contributed by atoms with Gasteiger partial charge < -0.3 is 15.4 Å². The van der Waals surface area contributed by atoms with Gasteiger partial charge in [-0.3, -0.25) is 0 Å². The maximum absolute atomic E-state index is 11.9. The fraction of sp³-hybridized carbons (Fsp3) is 0.364. The van der Waals surface area contributed by atoms with E-state index in [-0.39, 0.29) is 17.4 Å². The Morgan fingerprint density at radius 2 is 1.85 bits per heavy atom. The first-order valence-corrected chi connectivity index (χ1v) is 9.63. The van der Waals surface area contributed by atoms with Crippen molar-refractivity contribution in [3.05, 3.63) is 65.7 Å². The average Bonchev–Trinajstić information content (AvgIpc) is 2.62. The van der Waals surface area contributed by atoms with E-state index in [2.05, 4.69) is 55.7 Å². The molecule has 2 rings (SSSR count). The number of anilines is 1. The van der Waals surface area contributed by atoms with Crippen molar-refractivity contribution in [2.45, 2.75) is 45.6 Å². The van der Waals surface area contributed by atoms with Crippen LogP contribution in [0.5, 0.6) is 0 Å². The van der Waals surface area contributed by atoms with Crippen molar-refractivity contribution >= 4 is 29.0 Å². The third-order valence-corrected chi connectivity index (χ3v) is 4.60. The Hall–Kier alpha value is -2.40. The van der Waals surface area contributed by atoms with Gasteiger partial charge in [-0.25, -0.2) is 4.79 Å². The number of carbonyl (C=O) groups is 1. The molecular formula is C22H28N2O2S. The Labute approximate surface area is 167 Å². The van der Waals surface area contributed by atoms with Gasteiger partial charge in [-0.05, 0) is 61.7 Å². The lowest BCUT2D eigenvalue weighted by molar-refractivity contribution is 0.0526. The summed E-state index contributed by atoms with van der Waals surface area (Å²) in [4.78, 5) is 11.9. The van der Waals surface area contributed by atoms with Crippen molar-refractivity contribution in [1.82, 2.24) is 5.32 Å². The maximum Gasteiger partial charge on any atom is 0.338 e. The highest BCUT2D eigenvalue weighted by molar-refractivity contribution is 7.80. The predicted octanol–water partition coefficient (Wildman–Crippen LogP) is 4.91. The standard InChI is InChI=1S/C22H28N2O2S/c1-5-26-20(25)17-10-9-13-19(14-17)24-21(27)23-16(2)15-22(3,4)18-11-7-6-8-12-18/h6-14,16H,5,15H2,1-4H3,(H2,23,24,27). The highest BCUT2D eigenvalue weighted by atomic mass is 32.1. The first-order chi connectivity index (χ1) is 12.8. The molecule has 0 bridgehead atoms. The number of hydrogen-bond acceptors (Lipinski definition) is 3. The van der Waals surface area contributed by atoms with Gasteiger partial charge >= 0.3 is 5.97 Å². The van der Waals surface area contributed by atoms with Gasteiger partial charge in [-0.1, -0.05) is 50.2 Å². The molecule has 0 radical (unpaired) electrons.